The van der Waals surface area contributed by atoms with Crippen LogP contribution in [-0.2, 0) is 6.42 Å². The Balaban J connectivity index is 1.76. The lowest BCUT2D eigenvalue weighted by Crippen LogP contribution is -2.16. The Kier molecular flexibility index (Phi) is 4.38. The van der Waals surface area contributed by atoms with Gasteiger partial charge in [-0.05, 0) is 57.2 Å². The van der Waals surface area contributed by atoms with Crippen LogP contribution in [0.3, 0.4) is 0 Å². The summed E-state index contributed by atoms with van der Waals surface area (Å²) in [7, 11) is 0. The minimum atomic E-state index is 0.833. The zero-order chi connectivity index (χ0) is 12.1. The van der Waals surface area contributed by atoms with Gasteiger partial charge >= 0.3 is 0 Å². The molecule has 2 rings (SSSR count). The molecule has 0 saturated heterocycles. The maximum absolute atomic E-state index is 3.54. The second-order valence-electron chi connectivity index (χ2n) is 5.17. The van der Waals surface area contributed by atoms with Crippen molar-refractivity contribution in [2.75, 3.05) is 6.54 Å². The molecule has 1 heteroatoms. The lowest BCUT2D eigenvalue weighted by molar-refractivity contribution is 0.688. The van der Waals surface area contributed by atoms with Crippen LogP contribution < -0.4 is 5.32 Å². The van der Waals surface area contributed by atoms with Crippen molar-refractivity contribution in [1.29, 1.82) is 0 Å². The van der Waals surface area contributed by atoms with Crippen molar-refractivity contribution in [2.45, 2.75) is 45.6 Å². The van der Waals surface area contributed by atoms with Gasteiger partial charge in [0.05, 0.1) is 0 Å². The van der Waals surface area contributed by atoms with E-state index in [0.717, 1.165) is 25.4 Å². The van der Waals surface area contributed by atoms with Gasteiger partial charge in [0.2, 0.25) is 0 Å². The molecule has 0 amide bonds. The largest absolute Gasteiger partial charge is 0.314 e. The van der Waals surface area contributed by atoms with E-state index in [-0.39, 0.29) is 0 Å². The monoisotopic (exact) mass is 229 g/mol. The lowest BCUT2D eigenvalue weighted by Gasteiger charge is -2.06. The van der Waals surface area contributed by atoms with Crippen LogP contribution in [0.15, 0.2) is 35.9 Å². The van der Waals surface area contributed by atoms with Crippen LogP contribution in [0, 0.1) is 6.92 Å². The van der Waals surface area contributed by atoms with Crippen molar-refractivity contribution in [3.63, 3.8) is 0 Å². The molecule has 0 radical (unpaired) electrons. The molecule has 0 aliphatic heterocycles. The molecule has 0 heterocycles. The predicted octanol–water partition coefficient (Wildman–Crippen LogP) is 3.63. The van der Waals surface area contributed by atoms with Crippen molar-refractivity contribution >= 4 is 0 Å². The summed E-state index contributed by atoms with van der Waals surface area (Å²) < 4.78 is 0. The molecule has 1 aliphatic carbocycles. The summed E-state index contributed by atoms with van der Waals surface area (Å²) in [6.07, 6.45) is 7.39. The predicted molar refractivity (Wildman–Crippen MR) is 74.3 cm³/mol. The Bertz CT molecular complexity index is 388. The molecule has 0 aromatic heterocycles. The minimum absolute atomic E-state index is 0.833. The van der Waals surface area contributed by atoms with E-state index in [2.05, 4.69) is 49.5 Å². The average Bonchev–Trinajstić information content (AvgIpc) is 3.12. The van der Waals surface area contributed by atoms with Gasteiger partial charge in [-0.15, -0.1) is 0 Å². The molecule has 0 bridgehead atoms. The van der Waals surface area contributed by atoms with Crippen molar-refractivity contribution < 1.29 is 0 Å². The minimum Gasteiger partial charge on any atom is -0.314 e. The van der Waals surface area contributed by atoms with E-state index in [1.54, 1.807) is 0 Å². The number of benzene rings is 1. The highest BCUT2D eigenvalue weighted by Gasteiger charge is 2.19. The normalized spacial score (nSPS) is 16.2. The SMILES string of the molecule is CC(=CCCNC1CC1)Cc1ccccc1C. The standard InChI is InChI=1S/C16H23N/c1-13(6-5-11-17-16-9-10-16)12-15-8-4-3-7-14(15)2/h3-4,6-8,16-17H,5,9-12H2,1-2H3. The fourth-order valence-corrected chi connectivity index (χ4v) is 2.07. The number of rotatable bonds is 6. The van der Waals surface area contributed by atoms with Gasteiger partial charge in [0.15, 0.2) is 0 Å². The number of aryl methyl sites for hydroxylation is 1. The molecule has 0 atom stereocenters. The smallest absolute Gasteiger partial charge is 0.00683 e. The van der Waals surface area contributed by atoms with Crippen molar-refractivity contribution in [1.82, 2.24) is 5.32 Å². The van der Waals surface area contributed by atoms with E-state index in [1.807, 2.05) is 0 Å². The van der Waals surface area contributed by atoms with E-state index in [4.69, 9.17) is 0 Å². The molecule has 1 N–H and O–H groups in total. The van der Waals surface area contributed by atoms with Crippen LogP contribution in [0.25, 0.3) is 0 Å². The molecular weight excluding hydrogens is 206 g/mol. The lowest BCUT2D eigenvalue weighted by atomic mass is 10.0. The second-order valence-corrected chi connectivity index (χ2v) is 5.17. The molecule has 0 spiro atoms. The summed E-state index contributed by atoms with van der Waals surface area (Å²) >= 11 is 0. The first-order valence-corrected chi connectivity index (χ1v) is 6.69. The van der Waals surface area contributed by atoms with Crippen LogP contribution in [0.5, 0.6) is 0 Å². The molecule has 1 aliphatic rings. The maximum Gasteiger partial charge on any atom is 0.00683 e. The van der Waals surface area contributed by atoms with Crippen LogP contribution in [0.2, 0.25) is 0 Å². The van der Waals surface area contributed by atoms with E-state index in [0.29, 0.717) is 0 Å². The molecule has 1 saturated carbocycles. The molecular formula is C16H23N. The number of hydrogen-bond donors (Lipinski definition) is 1. The topological polar surface area (TPSA) is 12.0 Å². The molecule has 92 valence electrons. The first-order chi connectivity index (χ1) is 8.25. The Morgan fingerprint density at radius 3 is 2.82 bits per heavy atom. The van der Waals surface area contributed by atoms with Gasteiger partial charge in [-0.1, -0.05) is 35.9 Å². The van der Waals surface area contributed by atoms with Crippen LogP contribution >= 0.6 is 0 Å². The van der Waals surface area contributed by atoms with Gasteiger partial charge in [-0.2, -0.15) is 0 Å². The summed E-state index contributed by atoms with van der Waals surface area (Å²) in [5, 5.41) is 3.54. The van der Waals surface area contributed by atoms with E-state index in [9.17, 15) is 0 Å². The Hall–Kier alpha value is -1.08. The third-order valence-electron chi connectivity index (χ3n) is 3.38. The van der Waals surface area contributed by atoms with Crippen LogP contribution in [0.4, 0.5) is 0 Å². The molecule has 1 nitrogen and oxygen atoms in total. The summed E-state index contributed by atoms with van der Waals surface area (Å²) in [6, 6.07) is 9.49. The summed E-state index contributed by atoms with van der Waals surface area (Å²) in [4.78, 5) is 0. The first kappa shape index (κ1) is 12.4. The average molecular weight is 229 g/mol. The highest BCUT2D eigenvalue weighted by molar-refractivity contribution is 5.29. The molecule has 1 aromatic carbocycles. The zero-order valence-corrected chi connectivity index (χ0v) is 11.0. The second kappa shape index (κ2) is 6.02. The van der Waals surface area contributed by atoms with E-state index in [1.165, 1.54) is 29.5 Å². The van der Waals surface area contributed by atoms with Crippen LogP contribution in [0.1, 0.15) is 37.3 Å². The summed E-state index contributed by atoms with van der Waals surface area (Å²) in [5.74, 6) is 0. The first-order valence-electron chi connectivity index (χ1n) is 6.69. The van der Waals surface area contributed by atoms with Gasteiger partial charge in [0.25, 0.3) is 0 Å². The Labute approximate surface area is 105 Å². The zero-order valence-electron chi connectivity index (χ0n) is 11.0. The molecule has 1 fully saturated rings. The number of hydrogen-bond acceptors (Lipinski definition) is 1. The van der Waals surface area contributed by atoms with Gasteiger partial charge in [0.1, 0.15) is 0 Å². The third-order valence-corrected chi connectivity index (χ3v) is 3.38. The quantitative estimate of drug-likeness (QED) is 0.580. The van der Waals surface area contributed by atoms with Gasteiger partial charge in [0, 0.05) is 6.04 Å². The molecule has 17 heavy (non-hydrogen) atoms. The van der Waals surface area contributed by atoms with Gasteiger partial charge in [-0.25, -0.2) is 0 Å². The fraction of sp³-hybridized carbons (Fsp3) is 0.500. The maximum atomic E-state index is 3.54. The highest BCUT2D eigenvalue weighted by atomic mass is 14.9. The molecule has 0 unspecified atom stereocenters. The number of nitrogens with one attached hydrogen (secondary N) is 1. The van der Waals surface area contributed by atoms with E-state index >= 15 is 0 Å². The summed E-state index contributed by atoms with van der Waals surface area (Å²) in [5.41, 5.74) is 4.34. The van der Waals surface area contributed by atoms with E-state index < -0.39 is 0 Å². The van der Waals surface area contributed by atoms with Gasteiger partial charge in [-0.3, -0.25) is 0 Å². The Morgan fingerprint density at radius 1 is 1.35 bits per heavy atom. The number of allylic oxidation sites excluding steroid dienone is 1. The fourth-order valence-electron chi connectivity index (χ4n) is 2.07. The van der Waals surface area contributed by atoms with Crippen molar-refractivity contribution in [3.05, 3.63) is 47.0 Å². The summed E-state index contributed by atoms with van der Waals surface area (Å²) in [6.45, 7) is 5.57. The third kappa shape index (κ3) is 4.35. The van der Waals surface area contributed by atoms with Crippen molar-refractivity contribution in [3.8, 4) is 0 Å². The molecule has 1 aromatic rings. The van der Waals surface area contributed by atoms with Crippen molar-refractivity contribution in [2.24, 2.45) is 0 Å². The Morgan fingerprint density at radius 2 is 2.12 bits per heavy atom. The van der Waals surface area contributed by atoms with Gasteiger partial charge < -0.3 is 5.32 Å². The van der Waals surface area contributed by atoms with Crippen LogP contribution in [-0.4, -0.2) is 12.6 Å². The highest BCUT2D eigenvalue weighted by Crippen LogP contribution is 2.18.